The maximum Gasteiger partial charge on any atom is 0.332 e. The maximum atomic E-state index is 10.5. The molecule has 0 radical (unpaired) electrons. The van der Waals surface area contributed by atoms with Gasteiger partial charge in [-0.3, -0.25) is 4.68 Å². The molecule has 1 rings (SSSR count). The molecule has 1 aromatic heterocycles. The highest BCUT2D eigenvalue weighted by Crippen LogP contribution is 2.21. The van der Waals surface area contributed by atoms with Gasteiger partial charge in [0, 0.05) is 7.05 Å². The lowest BCUT2D eigenvalue weighted by Gasteiger charge is -2.08. The van der Waals surface area contributed by atoms with Crippen LogP contribution >= 0.6 is 15.9 Å². The summed E-state index contributed by atoms with van der Waals surface area (Å²) < 4.78 is 7.71. The summed E-state index contributed by atoms with van der Waals surface area (Å²) in [6.07, 6.45) is -0.813. The molecule has 1 aromatic rings. The van der Waals surface area contributed by atoms with Crippen molar-refractivity contribution in [3.63, 3.8) is 0 Å². The topological polar surface area (TPSA) is 64.4 Å². The largest absolute Gasteiger partial charge is 0.479 e. The van der Waals surface area contributed by atoms with Crippen molar-refractivity contribution in [2.75, 3.05) is 0 Å². The number of aromatic nitrogens is 2. The Kier molecular flexibility index (Phi) is 3.87. The van der Waals surface area contributed by atoms with Crippen LogP contribution in [0.1, 0.15) is 18.3 Å². The predicted molar refractivity (Wildman–Crippen MR) is 57.5 cm³/mol. The first-order valence-electron chi connectivity index (χ1n) is 4.46. The Hall–Kier alpha value is -0.880. The quantitative estimate of drug-likeness (QED) is 0.905. The molecule has 0 saturated carbocycles. The van der Waals surface area contributed by atoms with Crippen molar-refractivity contribution in [3.05, 3.63) is 15.9 Å². The van der Waals surface area contributed by atoms with Crippen LogP contribution in [0.2, 0.25) is 0 Å². The molecule has 0 unspecified atom stereocenters. The number of ether oxygens (including phenoxy) is 1. The first-order valence-corrected chi connectivity index (χ1v) is 5.25. The fourth-order valence-electron chi connectivity index (χ4n) is 1.11. The third-order valence-corrected chi connectivity index (χ3v) is 3.11. The average Bonchev–Trinajstić information content (AvgIpc) is 2.38. The van der Waals surface area contributed by atoms with E-state index in [4.69, 9.17) is 9.84 Å². The van der Waals surface area contributed by atoms with Gasteiger partial charge in [0.05, 0.1) is 22.5 Å². The SMILES string of the molecule is Cc1nn(C)c(CO[C@H](C)C(=O)O)c1Br. The van der Waals surface area contributed by atoms with E-state index in [0.29, 0.717) is 0 Å². The number of hydrogen-bond donors (Lipinski definition) is 1. The van der Waals surface area contributed by atoms with Crippen LogP contribution in [-0.4, -0.2) is 27.0 Å². The molecule has 15 heavy (non-hydrogen) atoms. The molecule has 6 heteroatoms. The number of aryl methyl sites for hydroxylation is 2. The third kappa shape index (κ3) is 2.79. The standard InChI is InChI=1S/C9H13BrN2O3/c1-5-8(10)7(12(3)11-5)4-15-6(2)9(13)14/h6H,4H2,1-3H3,(H,13,14)/t6-/m1/s1. The van der Waals surface area contributed by atoms with Gasteiger partial charge in [0.15, 0.2) is 6.10 Å². The monoisotopic (exact) mass is 276 g/mol. The molecule has 84 valence electrons. The highest BCUT2D eigenvalue weighted by molar-refractivity contribution is 9.10. The van der Waals surface area contributed by atoms with E-state index in [9.17, 15) is 4.79 Å². The second kappa shape index (κ2) is 4.76. The minimum atomic E-state index is -0.968. The lowest BCUT2D eigenvalue weighted by molar-refractivity contribution is -0.150. The molecule has 0 bridgehead atoms. The Bertz CT molecular complexity index is 376. The van der Waals surface area contributed by atoms with Crippen molar-refractivity contribution in [1.29, 1.82) is 0 Å². The summed E-state index contributed by atoms with van der Waals surface area (Å²) in [7, 11) is 1.79. The average molecular weight is 277 g/mol. The molecule has 1 atom stereocenters. The van der Waals surface area contributed by atoms with Crippen molar-refractivity contribution < 1.29 is 14.6 Å². The Morgan fingerprint density at radius 3 is 2.73 bits per heavy atom. The van der Waals surface area contributed by atoms with E-state index in [-0.39, 0.29) is 6.61 Å². The Morgan fingerprint density at radius 1 is 1.73 bits per heavy atom. The van der Waals surface area contributed by atoms with Crippen molar-refractivity contribution in [1.82, 2.24) is 9.78 Å². The van der Waals surface area contributed by atoms with Crippen LogP contribution in [0.25, 0.3) is 0 Å². The van der Waals surface area contributed by atoms with Crippen molar-refractivity contribution in [2.24, 2.45) is 7.05 Å². The summed E-state index contributed by atoms with van der Waals surface area (Å²) in [4.78, 5) is 10.5. The van der Waals surface area contributed by atoms with E-state index in [1.165, 1.54) is 6.92 Å². The molecule has 5 nitrogen and oxygen atoms in total. The summed E-state index contributed by atoms with van der Waals surface area (Å²) in [5.74, 6) is -0.968. The highest BCUT2D eigenvalue weighted by atomic mass is 79.9. The second-order valence-electron chi connectivity index (χ2n) is 3.26. The third-order valence-electron chi connectivity index (χ3n) is 2.08. The van der Waals surface area contributed by atoms with Gasteiger partial charge in [-0.25, -0.2) is 4.79 Å². The number of halogens is 1. The summed E-state index contributed by atoms with van der Waals surface area (Å²) in [5.41, 5.74) is 1.69. The molecular weight excluding hydrogens is 264 g/mol. The Balaban J connectivity index is 2.69. The van der Waals surface area contributed by atoms with E-state index in [2.05, 4.69) is 21.0 Å². The van der Waals surface area contributed by atoms with Gasteiger partial charge in [0.1, 0.15) is 0 Å². The first-order chi connectivity index (χ1) is 6.93. The Morgan fingerprint density at radius 2 is 2.33 bits per heavy atom. The molecule has 0 aliphatic carbocycles. The first kappa shape index (κ1) is 12.2. The fourth-order valence-corrected chi connectivity index (χ4v) is 1.56. The molecule has 0 aliphatic rings. The van der Waals surface area contributed by atoms with Crippen LogP contribution in [0.15, 0.2) is 4.47 Å². The summed E-state index contributed by atoms with van der Waals surface area (Å²) in [6, 6.07) is 0. The molecule has 1 N–H and O–H groups in total. The minimum absolute atomic E-state index is 0.228. The zero-order valence-corrected chi connectivity index (χ0v) is 10.4. The Labute approximate surface area is 96.2 Å². The molecule has 0 saturated heterocycles. The number of rotatable bonds is 4. The van der Waals surface area contributed by atoms with Gasteiger partial charge in [-0.05, 0) is 29.8 Å². The normalized spacial score (nSPS) is 12.8. The molecular formula is C9H13BrN2O3. The molecule has 0 aromatic carbocycles. The van der Waals surface area contributed by atoms with Crippen LogP contribution in [0.3, 0.4) is 0 Å². The molecule has 1 heterocycles. The summed E-state index contributed by atoms with van der Waals surface area (Å²) >= 11 is 3.38. The summed E-state index contributed by atoms with van der Waals surface area (Å²) in [6.45, 7) is 3.60. The van der Waals surface area contributed by atoms with Gasteiger partial charge < -0.3 is 9.84 Å². The molecule has 0 amide bonds. The van der Waals surface area contributed by atoms with E-state index >= 15 is 0 Å². The second-order valence-corrected chi connectivity index (χ2v) is 4.05. The van der Waals surface area contributed by atoms with Crippen LogP contribution < -0.4 is 0 Å². The molecule has 0 fully saturated rings. The smallest absolute Gasteiger partial charge is 0.332 e. The van der Waals surface area contributed by atoms with Gasteiger partial charge in [-0.15, -0.1) is 0 Å². The number of aliphatic carboxylic acids is 1. The minimum Gasteiger partial charge on any atom is -0.479 e. The zero-order chi connectivity index (χ0) is 11.6. The van der Waals surface area contributed by atoms with Crippen LogP contribution in [0.4, 0.5) is 0 Å². The van der Waals surface area contributed by atoms with Gasteiger partial charge >= 0.3 is 5.97 Å². The highest BCUT2D eigenvalue weighted by Gasteiger charge is 2.15. The van der Waals surface area contributed by atoms with Crippen LogP contribution in [0.5, 0.6) is 0 Å². The van der Waals surface area contributed by atoms with Crippen LogP contribution in [-0.2, 0) is 23.2 Å². The lowest BCUT2D eigenvalue weighted by Crippen LogP contribution is -2.20. The zero-order valence-electron chi connectivity index (χ0n) is 8.82. The molecule has 0 spiro atoms. The van der Waals surface area contributed by atoms with Gasteiger partial charge in [0.2, 0.25) is 0 Å². The lowest BCUT2D eigenvalue weighted by atomic mass is 10.3. The number of carboxylic acid groups (broad SMARTS) is 1. The number of carbonyl (C=O) groups is 1. The van der Waals surface area contributed by atoms with Crippen molar-refractivity contribution in [2.45, 2.75) is 26.6 Å². The van der Waals surface area contributed by atoms with E-state index in [1.807, 2.05) is 6.92 Å². The number of nitrogens with zero attached hydrogens (tertiary/aromatic N) is 2. The van der Waals surface area contributed by atoms with Crippen molar-refractivity contribution >= 4 is 21.9 Å². The van der Waals surface area contributed by atoms with Gasteiger partial charge in [-0.2, -0.15) is 5.10 Å². The van der Waals surface area contributed by atoms with Gasteiger partial charge in [-0.1, -0.05) is 0 Å². The van der Waals surface area contributed by atoms with Gasteiger partial charge in [0.25, 0.3) is 0 Å². The predicted octanol–water partition coefficient (Wildman–Crippen LogP) is 1.48. The van der Waals surface area contributed by atoms with E-state index in [0.717, 1.165) is 15.9 Å². The number of hydrogen-bond acceptors (Lipinski definition) is 3. The molecule has 0 aliphatic heterocycles. The summed E-state index contributed by atoms with van der Waals surface area (Å²) in [5, 5.41) is 12.8. The fraction of sp³-hybridized carbons (Fsp3) is 0.556. The maximum absolute atomic E-state index is 10.5. The van der Waals surface area contributed by atoms with E-state index < -0.39 is 12.1 Å². The van der Waals surface area contributed by atoms with Crippen LogP contribution in [0, 0.1) is 6.92 Å². The van der Waals surface area contributed by atoms with Crippen molar-refractivity contribution in [3.8, 4) is 0 Å². The number of carboxylic acids is 1. The van der Waals surface area contributed by atoms with E-state index in [1.54, 1.807) is 11.7 Å².